The Hall–Kier alpha value is -2.49. The van der Waals surface area contributed by atoms with Gasteiger partial charge in [-0.05, 0) is 51.4 Å². The normalized spacial score (nSPS) is 12.9. The number of unbranched alkanes of at least 4 members (excludes halogenated alkanes) is 37. The number of aliphatic carboxylic acids is 1. The van der Waals surface area contributed by atoms with E-state index in [1.807, 2.05) is 21.1 Å². The molecule has 1 N–H and O–H groups in total. The van der Waals surface area contributed by atoms with Crippen LogP contribution in [-0.4, -0.2) is 87.4 Å². The van der Waals surface area contributed by atoms with Crippen molar-refractivity contribution in [3.63, 3.8) is 0 Å². The van der Waals surface area contributed by atoms with Gasteiger partial charge in [-0.25, -0.2) is 4.79 Å². The summed E-state index contributed by atoms with van der Waals surface area (Å²) in [6.45, 7) is 4.89. The van der Waals surface area contributed by atoms with E-state index in [0.717, 1.165) is 51.4 Å². The quantitative estimate of drug-likeness (QED) is 0.0211. The molecule has 9 nitrogen and oxygen atoms in total. The van der Waals surface area contributed by atoms with Crippen LogP contribution in [0.3, 0.4) is 0 Å². The maximum absolute atomic E-state index is 12.9. The second-order valence-corrected chi connectivity index (χ2v) is 22.4. The Bertz CT molecular complexity index is 1290. The van der Waals surface area contributed by atoms with Crippen molar-refractivity contribution in [3.8, 4) is 0 Å². The summed E-state index contributed by atoms with van der Waals surface area (Å²) >= 11 is 0. The number of quaternary nitrogens is 1. The molecule has 0 rings (SSSR count). The summed E-state index contributed by atoms with van der Waals surface area (Å²) < 4.78 is 22.8. The molecule has 0 amide bonds. The summed E-state index contributed by atoms with van der Waals surface area (Å²) in [6, 6.07) is 0. The third-order valence-electron chi connectivity index (χ3n) is 13.9. The summed E-state index contributed by atoms with van der Waals surface area (Å²) in [7, 11) is 5.97. The van der Waals surface area contributed by atoms with Gasteiger partial charge in [-0.15, -0.1) is 0 Å². The minimum atomic E-state index is -1.50. The molecule has 0 aromatic heterocycles. The summed E-state index contributed by atoms with van der Waals surface area (Å²) in [4.78, 5) is 37.3. The summed E-state index contributed by atoms with van der Waals surface area (Å²) in [5.41, 5.74) is 0. The highest BCUT2D eigenvalue weighted by Crippen LogP contribution is 2.17. The number of rotatable bonds is 58. The van der Waals surface area contributed by atoms with Gasteiger partial charge >= 0.3 is 17.9 Å². The number of carbonyl (C=O) groups excluding carboxylic acids is 2. The van der Waals surface area contributed by atoms with Crippen molar-refractivity contribution in [1.82, 2.24) is 0 Å². The second kappa shape index (κ2) is 55.7. The van der Waals surface area contributed by atoms with Crippen LogP contribution in [0.1, 0.15) is 296 Å². The van der Waals surface area contributed by atoms with Crippen LogP contribution in [0, 0.1) is 0 Å². The topological polar surface area (TPSA) is 108 Å². The Labute approximate surface area is 451 Å². The van der Waals surface area contributed by atoms with Gasteiger partial charge in [0.05, 0.1) is 34.4 Å². The highest BCUT2D eigenvalue weighted by atomic mass is 16.7. The lowest BCUT2D eigenvalue weighted by molar-refractivity contribution is -0.870. The summed E-state index contributed by atoms with van der Waals surface area (Å²) in [6.07, 6.45) is 65.5. The monoisotopic (exact) mass is 1030 g/mol. The Kier molecular flexibility index (Phi) is 53.8. The predicted octanol–water partition coefficient (Wildman–Crippen LogP) is 18.5. The van der Waals surface area contributed by atoms with Crippen molar-refractivity contribution < 1.29 is 42.9 Å². The molecule has 0 bridgehead atoms. The SMILES string of the molecule is CCCCCCC/C=C\C/C=C\C/C=C\CCCCCCCCCCCCCCCCCCCCCCCCC(=O)OC(COC(=O)CCCCCCCCCCCCC)COC(OCC[N+](C)(C)C)C(=O)O. The first kappa shape index (κ1) is 70.5. The molecule has 73 heavy (non-hydrogen) atoms. The van der Waals surface area contributed by atoms with Crippen LogP contribution in [0.15, 0.2) is 36.5 Å². The number of hydrogen-bond donors (Lipinski definition) is 1. The Morgan fingerprint density at radius 3 is 1.10 bits per heavy atom. The molecular weight excluding hydrogens is 911 g/mol. The van der Waals surface area contributed by atoms with Gasteiger partial charge in [0.15, 0.2) is 6.10 Å². The molecule has 428 valence electrons. The van der Waals surface area contributed by atoms with E-state index in [2.05, 4.69) is 50.3 Å². The minimum absolute atomic E-state index is 0.176. The lowest BCUT2D eigenvalue weighted by Crippen LogP contribution is -2.40. The van der Waals surface area contributed by atoms with Crippen LogP contribution in [0.25, 0.3) is 0 Å². The van der Waals surface area contributed by atoms with Crippen molar-refractivity contribution in [2.24, 2.45) is 0 Å². The van der Waals surface area contributed by atoms with Gasteiger partial charge in [0, 0.05) is 12.8 Å². The first-order chi connectivity index (χ1) is 35.6. The number of esters is 2. The molecule has 0 aliphatic carbocycles. The number of ether oxygens (including phenoxy) is 4. The average molecular weight is 1030 g/mol. The van der Waals surface area contributed by atoms with Crippen molar-refractivity contribution in [2.45, 2.75) is 309 Å². The number of nitrogens with zero attached hydrogens (tertiary/aromatic N) is 1. The standard InChI is InChI=1S/C64H119NO8/c1-6-8-10-12-14-16-18-19-20-21-22-23-24-25-26-27-28-29-30-31-32-33-34-35-36-37-38-39-40-41-42-43-45-47-49-51-53-55-62(67)73-60(59-72-64(63(68)69)70-57-56-65(3,4)5)58-71-61(66)54-52-50-48-46-44-17-15-13-11-9-7-2/h18-19,21-22,24-25,60,64H,6-17,20,23,26-59H2,1-5H3/p+1/b19-18-,22-21-,25-24-. The maximum Gasteiger partial charge on any atom is 0.361 e. The van der Waals surface area contributed by atoms with E-state index in [1.54, 1.807) is 0 Å². The van der Waals surface area contributed by atoms with Crippen LogP contribution in [0.4, 0.5) is 0 Å². The molecule has 0 aliphatic heterocycles. The fraction of sp³-hybridized carbons (Fsp3) is 0.859. The first-order valence-corrected chi connectivity index (χ1v) is 31.2. The molecule has 2 unspecified atom stereocenters. The van der Waals surface area contributed by atoms with Crippen LogP contribution in [-0.2, 0) is 33.3 Å². The van der Waals surface area contributed by atoms with E-state index in [4.69, 9.17) is 18.9 Å². The highest BCUT2D eigenvalue weighted by molar-refractivity contribution is 5.71. The van der Waals surface area contributed by atoms with Gasteiger partial charge in [-0.2, -0.15) is 0 Å². The zero-order valence-corrected chi connectivity index (χ0v) is 48.8. The lowest BCUT2D eigenvalue weighted by atomic mass is 10.0. The van der Waals surface area contributed by atoms with Gasteiger partial charge in [0.1, 0.15) is 13.2 Å². The smallest absolute Gasteiger partial charge is 0.361 e. The van der Waals surface area contributed by atoms with E-state index in [1.165, 1.54) is 218 Å². The highest BCUT2D eigenvalue weighted by Gasteiger charge is 2.25. The Morgan fingerprint density at radius 2 is 0.740 bits per heavy atom. The van der Waals surface area contributed by atoms with Gasteiger partial charge in [0.2, 0.25) is 0 Å². The molecule has 0 aromatic carbocycles. The van der Waals surface area contributed by atoms with Crippen molar-refractivity contribution in [3.05, 3.63) is 36.5 Å². The Balaban J connectivity index is 3.94. The van der Waals surface area contributed by atoms with E-state index in [0.29, 0.717) is 17.4 Å². The fourth-order valence-electron chi connectivity index (χ4n) is 9.08. The molecule has 0 fully saturated rings. The predicted molar refractivity (Wildman–Crippen MR) is 309 cm³/mol. The van der Waals surface area contributed by atoms with E-state index in [9.17, 15) is 19.5 Å². The van der Waals surface area contributed by atoms with E-state index in [-0.39, 0.29) is 38.2 Å². The minimum Gasteiger partial charge on any atom is -0.477 e. The first-order valence-electron chi connectivity index (χ1n) is 31.2. The summed E-state index contributed by atoms with van der Waals surface area (Å²) in [5.74, 6) is -1.99. The third kappa shape index (κ3) is 57.1. The molecule has 0 aromatic rings. The largest absolute Gasteiger partial charge is 0.477 e. The number of allylic oxidation sites excluding steroid dienone is 6. The van der Waals surface area contributed by atoms with Gasteiger partial charge in [-0.3, -0.25) is 9.59 Å². The third-order valence-corrected chi connectivity index (χ3v) is 13.9. The van der Waals surface area contributed by atoms with Gasteiger partial charge in [0.25, 0.3) is 6.29 Å². The van der Waals surface area contributed by atoms with Crippen molar-refractivity contribution in [1.29, 1.82) is 0 Å². The molecule has 0 spiro atoms. The molecule has 0 saturated heterocycles. The van der Waals surface area contributed by atoms with Crippen LogP contribution in [0.5, 0.6) is 0 Å². The maximum atomic E-state index is 12.9. The Morgan fingerprint density at radius 1 is 0.411 bits per heavy atom. The molecule has 2 atom stereocenters. The number of carboxylic acid groups (broad SMARTS) is 1. The van der Waals surface area contributed by atoms with Crippen LogP contribution in [0.2, 0.25) is 0 Å². The zero-order chi connectivity index (χ0) is 53.4. The van der Waals surface area contributed by atoms with Crippen LogP contribution < -0.4 is 0 Å². The lowest BCUT2D eigenvalue weighted by Gasteiger charge is -2.25. The van der Waals surface area contributed by atoms with Crippen molar-refractivity contribution in [2.75, 3.05) is 47.5 Å². The van der Waals surface area contributed by atoms with Gasteiger partial charge < -0.3 is 28.5 Å². The molecule has 9 heteroatoms. The van der Waals surface area contributed by atoms with E-state index < -0.39 is 18.4 Å². The van der Waals surface area contributed by atoms with Gasteiger partial charge in [-0.1, -0.05) is 269 Å². The molecule has 0 aliphatic rings. The molecule has 0 heterocycles. The fourth-order valence-corrected chi connectivity index (χ4v) is 9.08. The van der Waals surface area contributed by atoms with E-state index >= 15 is 0 Å². The molecule has 0 saturated carbocycles. The van der Waals surface area contributed by atoms with Crippen LogP contribution >= 0.6 is 0 Å². The number of hydrogen-bond acceptors (Lipinski definition) is 7. The van der Waals surface area contributed by atoms with Crippen molar-refractivity contribution >= 4 is 17.9 Å². The number of carboxylic acids is 1. The average Bonchev–Trinajstić information content (AvgIpc) is 3.36. The zero-order valence-electron chi connectivity index (χ0n) is 48.8. The second-order valence-electron chi connectivity index (χ2n) is 22.4. The molecular formula is C64H120NO8+. The summed E-state index contributed by atoms with van der Waals surface area (Å²) in [5, 5.41) is 9.68. The number of carbonyl (C=O) groups is 3. The number of likely N-dealkylation sites (N-methyl/N-ethyl adjacent to an activating group) is 1. The molecule has 0 radical (unpaired) electrons.